The molecule has 4 nitrogen and oxygen atoms in total. The quantitative estimate of drug-likeness (QED) is 0.789. The van der Waals surface area contributed by atoms with E-state index >= 15 is 0 Å². The number of aryl methyl sites for hydroxylation is 2. The summed E-state index contributed by atoms with van der Waals surface area (Å²) in [6.07, 6.45) is 7.77. The van der Waals surface area contributed by atoms with Crippen molar-refractivity contribution in [1.29, 1.82) is 0 Å². The summed E-state index contributed by atoms with van der Waals surface area (Å²) in [5, 5.41) is 7.87. The minimum Gasteiger partial charge on any atom is -0.377 e. The molecular formula is C14H25N3O. The van der Waals surface area contributed by atoms with Crippen molar-refractivity contribution in [3.05, 3.63) is 17.5 Å². The summed E-state index contributed by atoms with van der Waals surface area (Å²) in [4.78, 5) is 0. The topological polar surface area (TPSA) is 39.1 Å². The molecule has 0 spiro atoms. The number of nitrogens with one attached hydrogen (secondary N) is 1. The first-order valence-corrected chi connectivity index (χ1v) is 7.02. The number of rotatable bonds is 6. The third-order valence-electron chi connectivity index (χ3n) is 3.73. The molecule has 1 N–H and O–H groups in total. The van der Waals surface area contributed by atoms with Crippen molar-refractivity contribution < 1.29 is 4.74 Å². The summed E-state index contributed by atoms with van der Waals surface area (Å²) >= 11 is 0. The van der Waals surface area contributed by atoms with E-state index in [0.29, 0.717) is 12.1 Å². The van der Waals surface area contributed by atoms with Crippen molar-refractivity contribution in [3.63, 3.8) is 0 Å². The third-order valence-corrected chi connectivity index (χ3v) is 3.73. The fourth-order valence-corrected chi connectivity index (χ4v) is 2.71. The maximum atomic E-state index is 5.84. The Balaban J connectivity index is 1.68. The first-order chi connectivity index (χ1) is 8.66. The molecule has 1 aromatic rings. The van der Waals surface area contributed by atoms with E-state index in [1.54, 1.807) is 0 Å². The number of ether oxygens (including phenoxy) is 1. The lowest BCUT2D eigenvalue weighted by Gasteiger charge is -2.15. The van der Waals surface area contributed by atoms with Crippen LogP contribution in [0.2, 0.25) is 0 Å². The SMILES string of the molecule is Cc1nn(C)cc1C(C)NCCOC1CCCC1. The standard InChI is InChI=1S/C14H25N3O/c1-11(14-10-17(3)16-12(14)2)15-8-9-18-13-6-4-5-7-13/h10-11,13,15H,4-9H2,1-3H3. The van der Waals surface area contributed by atoms with E-state index in [4.69, 9.17) is 4.74 Å². The number of aromatic nitrogens is 2. The van der Waals surface area contributed by atoms with Gasteiger partial charge >= 0.3 is 0 Å². The van der Waals surface area contributed by atoms with Crippen molar-refractivity contribution >= 4 is 0 Å². The van der Waals surface area contributed by atoms with E-state index in [9.17, 15) is 0 Å². The lowest BCUT2D eigenvalue weighted by atomic mass is 10.1. The fraction of sp³-hybridized carbons (Fsp3) is 0.786. The van der Waals surface area contributed by atoms with Crippen LogP contribution in [0.15, 0.2) is 6.20 Å². The van der Waals surface area contributed by atoms with Crippen LogP contribution >= 0.6 is 0 Å². The van der Waals surface area contributed by atoms with Crippen molar-refractivity contribution in [1.82, 2.24) is 15.1 Å². The van der Waals surface area contributed by atoms with Crippen molar-refractivity contribution in [2.75, 3.05) is 13.2 Å². The summed E-state index contributed by atoms with van der Waals surface area (Å²) < 4.78 is 7.71. The molecule has 0 aliphatic heterocycles. The summed E-state index contributed by atoms with van der Waals surface area (Å²) in [7, 11) is 1.96. The van der Waals surface area contributed by atoms with Gasteiger partial charge in [0.05, 0.1) is 18.4 Å². The van der Waals surface area contributed by atoms with Crippen molar-refractivity contribution in [2.24, 2.45) is 7.05 Å². The van der Waals surface area contributed by atoms with Crippen molar-refractivity contribution in [3.8, 4) is 0 Å². The average Bonchev–Trinajstić information content (AvgIpc) is 2.94. The average molecular weight is 251 g/mol. The van der Waals surface area contributed by atoms with Crippen LogP contribution in [0.1, 0.15) is 49.9 Å². The zero-order valence-corrected chi connectivity index (χ0v) is 11.8. The third kappa shape index (κ3) is 3.56. The van der Waals surface area contributed by atoms with Crippen molar-refractivity contribution in [2.45, 2.75) is 51.7 Å². The van der Waals surface area contributed by atoms with Crippen LogP contribution in [0.3, 0.4) is 0 Å². The van der Waals surface area contributed by atoms with Gasteiger partial charge in [0.15, 0.2) is 0 Å². The van der Waals surface area contributed by atoms with Gasteiger partial charge in [0, 0.05) is 31.4 Å². The van der Waals surface area contributed by atoms with E-state index in [1.165, 1.54) is 31.2 Å². The Morgan fingerprint density at radius 3 is 2.83 bits per heavy atom. The van der Waals surface area contributed by atoms with Gasteiger partial charge in [0.2, 0.25) is 0 Å². The molecule has 0 bridgehead atoms. The molecule has 1 saturated carbocycles. The molecule has 1 heterocycles. The van der Waals surface area contributed by atoms with E-state index in [2.05, 4.69) is 30.5 Å². The molecule has 1 fully saturated rings. The highest BCUT2D eigenvalue weighted by molar-refractivity contribution is 5.19. The molecule has 1 aliphatic rings. The first kappa shape index (κ1) is 13.6. The van der Waals surface area contributed by atoms with E-state index < -0.39 is 0 Å². The lowest BCUT2D eigenvalue weighted by molar-refractivity contribution is 0.0593. The lowest BCUT2D eigenvalue weighted by Crippen LogP contribution is -2.25. The van der Waals surface area contributed by atoms with Crippen LogP contribution in [0.25, 0.3) is 0 Å². The molecule has 1 aromatic heterocycles. The smallest absolute Gasteiger partial charge is 0.0641 e. The Bertz CT molecular complexity index is 369. The molecule has 102 valence electrons. The minimum atomic E-state index is 0.339. The highest BCUT2D eigenvalue weighted by atomic mass is 16.5. The molecule has 1 unspecified atom stereocenters. The molecule has 1 atom stereocenters. The van der Waals surface area contributed by atoms with E-state index in [1.807, 2.05) is 11.7 Å². The van der Waals surface area contributed by atoms with Gasteiger partial charge in [0.1, 0.15) is 0 Å². The van der Waals surface area contributed by atoms with E-state index in [0.717, 1.165) is 18.8 Å². The number of hydrogen-bond acceptors (Lipinski definition) is 3. The predicted octanol–water partition coefficient (Wildman–Crippen LogP) is 2.34. The Hall–Kier alpha value is -0.870. The van der Waals surface area contributed by atoms with Gasteiger partial charge in [-0.1, -0.05) is 12.8 Å². The van der Waals surface area contributed by atoms with Crippen LogP contribution in [0, 0.1) is 6.92 Å². The molecule has 18 heavy (non-hydrogen) atoms. The Labute approximate surface area is 110 Å². The second kappa shape index (κ2) is 6.34. The van der Waals surface area contributed by atoms with Crippen LogP contribution in [-0.4, -0.2) is 29.0 Å². The molecule has 0 aromatic carbocycles. The van der Waals surface area contributed by atoms with Gasteiger partial charge in [-0.15, -0.1) is 0 Å². The zero-order valence-electron chi connectivity index (χ0n) is 11.8. The van der Waals surface area contributed by atoms with Gasteiger partial charge in [-0.05, 0) is 26.7 Å². The van der Waals surface area contributed by atoms with Crippen LogP contribution in [-0.2, 0) is 11.8 Å². The summed E-state index contributed by atoms with van der Waals surface area (Å²) in [5.74, 6) is 0. The van der Waals surface area contributed by atoms with Gasteiger partial charge in [0.25, 0.3) is 0 Å². The highest BCUT2D eigenvalue weighted by Crippen LogP contribution is 2.20. The van der Waals surface area contributed by atoms with Gasteiger partial charge in [-0.25, -0.2) is 0 Å². The van der Waals surface area contributed by atoms with E-state index in [-0.39, 0.29) is 0 Å². The zero-order chi connectivity index (χ0) is 13.0. The molecule has 1 aliphatic carbocycles. The molecular weight excluding hydrogens is 226 g/mol. The number of nitrogens with zero attached hydrogens (tertiary/aromatic N) is 2. The highest BCUT2D eigenvalue weighted by Gasteiger charge is 2.15. The fourth-order valence-electron chi connectivity index (χ4n) is 2.71. The molecule has 0 amide bonds. The Kier molecular flexibility index (Phi) is 4.78. The minimum absolute atomic E-state index is 0.339. The molecule has 2 rings (SSSR count). The largest absolute Gasteiger partial charge is 0.377 e. The van der Waals surface area contributed by atoms with Crippen LogP contribution < -0.4 is 5.32 Å². The maximum absolute atomic E-state index is 5.84. The molecule has 0 radical (unpaired) electrons. The van der Waals surface area contributed by atoms with Gasteiger partial charge in [-0.2, -0.15) is 5.10 Å². The van der Waals surface area contributed by atoms with Crippen LogP contribution in [0.4, 0.5) is 0 Å². The summed E-state index contributed by atoms with van der Waals surface area (Å²) in [6, 6.07) is 0.339. The Morgan fingerprint density at radius 2 is 2.22 bits per heavy atom. The monoisotopic (exact) mass is 251 g/mol. The predicted molar refractivity (Wildman–Crippen MR) is 72.6 cm³/mol. The van der Waals surface area contributed by atoms with Gasteiger partial charge < -0.3 is 10.1 Å². The van der Waals surface area contributed by atoms with Gasteiger partial charge in [-0.3, -0.25) is 4.68 Å². The maximum Gasteiger partial charge on any atom is 0.0641 e. The summed E-state index contributed by atoms with van der Waals surface area (Å²) in [5.41, 5.74) is 2.38. The Morgan fingerprint density at radius 1 is 1.50 bits per heavy atom. The first-order valence-electron chi connectivity index (χ1n) is 7.02. The second-order valence-corrected chi connectivity index (χ2v) is 5.30. The molecule has 4 heteroatoms. The summed E-state index contributed by atoms with van der Waals surface area (Å²) in [6.45, 7) is 5.96. The van der Waals surface area contributed by atoms with Crippen LogP contribution in [0.5, 0.6) is 0 Å². The second-order valence-electron chi connectivity index (χ2n) is 5.30. The normalized spacial score (nSPS) is 18.4. The molecule has 0 saturated heterocycles. The number of hydrogen-bond donors (Lipinski definition) is 1.